The molecule has 2 rings (SSSR count). The standard InChI is InChI=1S/C15H16N4O2/c1-3-12(14-16-8-5-9-17-14)18-19-15(21)11-7-4-6-10(2)13(11)20/h4-9,20H,3H2,1-2H3,(H,19,21)/b18-12+. The Hall–Kier alpha value is -2.76. The maximum atomic E-state index is 12.1. The summed E-state index contributed by atoms with van der Waals surface area (Å²) < 4.78 is 0. The monoisotopic (exact) mass is 284 g/mol. The van der Waals surface area contributed by atoms with Crippen LogP contribution < -0.4 is 5.43 Å². The van der Waals surface area contributed by atoms with Crippen LogP contribution in [0.1, 0.15) is 35.1 Å². The minimum absolute atomic E-state index is 0.0424. The molecule has 0 unspecified atom stereocenters. The van der Waals surface area contributed by atoms with Crippen LogP contribution >= 0.6 is 0 Å². The molecule has 0 radical (unpaired) electrons. The summed E-state index contributed by atoms with van der Waals surface area (Å²) in [5.74, 6) is -0.0499. The first-order valence-corrected chi connectivity index (χ1v) is 6.56. The highest BCUT2D eigenvalue weighted by atomic mass is 16.3. The molecular weight excluding hydrogens is 268 g/mol. The van der Waals surface area contributed by atoms with Crippen molar-refractivity contribution < 1.29 is 9.90 Å². The van der Waals surface area contributed by atoms with Crippen molar-refractivity contribution >= 4 is 11.6 Å². The van der Waals surface area contributed by atoms with Crippen LogP contribution in [0.4, 0.5) is 0 Å². The van der Waals surface area contributed by atoms with Gasteiger partial charge in [0.15, 0.2) is 5.82 Å². The van der Waals surface area contributed by atoms with E-state index in [-0.39, 0.29) is 11.3 Å². The highest BCUT2D eigenvalue weighted by Gasteiger charge is 2.12. The predicted molar refractivity (Wildman–Crippen MR) is 79.2 cm³/mol. The van der Waals surface area contributed by atoms with Gasteiger partial charge in [-0.15, -0.1) is 0 Å². The number of nitrogens with zero attached hydrogens (tertiary/aromatic N) is 3. The Balaban J connectivity index is 2.19. The molecule has 0 bridgehead atoms. The van der Waals surface area contributed by atoms with E-state index in [2.05, 4.69) is 20.5 Å². The van der Waals surface area contributed by atoms with Crippen LogP contribution in [0.15, 0.2) is 41.8 Å². The van der Waals surface area contributed by atoms with E-state index in [9.17, 15) is 9.90 Å². The van der Waals surface area contributed by atoms with Gasteiger partial charge < -0.3 is 5.11 Å². The smallest absolute Gasteiger partial charge is 0.275 e. The second-order valence-electron chi connectivity index (χ2n) is 4.40. The van der Waals surface area contributed by atoms with Gasteiger partial charge in [-0.2, -0.15) is 5.10 Å². The SMILES string of the molecule is CC/C(=N\NC(=O)c1cccc(C)c1O)c1ncccn1. The Morgan fingerprint density at radius 1 is 1.29 bits per heavy atom. The molecule has 1 aromatic heterocycles. The number of benzene rings is 1. The number of hydrogen-bond donors (Lipinski definition) is 2. The van der Waals surface area contributed by atoms with Crippen LogP contribution in [0, 0.1) is 6.92 Å². The Labute approximate surface area is 122 Å². The highest BCUT2D eigenvalue weighted by Crippen LogP contribution is 2.21. The lowest BCUT2D eigenvalue weighted by Crippen LogP contribution is -2.21. The summed E-state index contributed by atoms with van der Waals surface area (Å²) in [6.07, 6.45) is 3.80. The fourth-order valence-electron chi connectivity index (χ4n) is 1.76. The lowest BCUT2D eigenvalue weighted by Gasteiger charge is -2.06. The van der Waals surface area contributed by atoms with Gasteiger partial charge in [-0.05, 0) is 31.0 Å². The maximum absolute atomic E-state index is 12.1. The number of carbonyl (C=O) groups excluding carboxylic acids is 1. The third-order valence-electron chi connectivity index (χ3n) is 2.93. The van der Waals surface area contributed by atoms with Crippen molar-refractivity contribution in [2.24, 2.45) is 5.10 Å². The molecule has 6 heteroatoms. The normalized spacial score (nSPS) is 11.2. The molecule has 0 saturated heterocycles. The first-order valence-electron chi connectivity index (χ1n) is 6.56. The summed E-state index contributed by atoms with van der Waals surface area (Å²) in [6, 6.07) is 6.68. The predicted octanol–water partition coefficient (Wildman–Crippen LogP) is 2.03. The average molecular weight is 284 g/mol. The van der Waals surface area contributed by atoms with E-state index >= 15 is 0 Å². The number of phenolic OH excluding ortho intramolecular Hbond substituents is 1. The van der Waals surface area contributed by atoms with Crippen molar-refractivity contribution in [2.75, 3.05) is 0 Å². The third-order valence-corrected chi connectivity index (χ3v) is 2.93. The van der Waals surface area contributed by atoms with Crippen LogP contribution in [0.2, 0.25) is 0 Å². The molecule has 0 fully saturated rings. The zero-order chi connectivity index (χ0) is 15.2. The molecule has 1 aromatic carbocycles. The van der Waals surface area contributed by atoms with Crippen LogP contribution in [-0.4, -0.2) is 26.7 Å². The number of para-hydroxylation sites is 1. The number of aryl methyl sites for hydroxylation is 1. The molecule has 0 saturated carbocycles. The fourth-order valence-corrected chi connectivity index (χ4v) is 1.76. The summed E-state index contributed by atoms with van der Waals surface area (Å²) in [5, 5.41) is 13.9. The van der Waals surface area contributed by atoms with Crippen molar-refractivity contribution in [3.05, 3.63) is 53.6 Å². The van der Waals surface area contributed by atoms with Crippen molar-refractivity contribution in [3.8, 4) is 5.75 Å². The van der Waals surface area contributed by atoms with Gasteiger partial charge in [-0.3, -0.25) is 4.79 Å². The van der Waals surface area contributed by atoms with Gasteiger partial charge in [0.05, 0.1) is 5.56 Å². The molecule has 1 amide bonds. The van der Waals surface area contributed by atoms with E-state index < -0.39 is 5.91 Å². The highest BCUT2D eigenvalue weighted by molar-refractivity contribution is 6.00. The number of rotatable bonds is 4. The van der Waals surface area contributed by atoms with Gasteiger partial charge in [0, 0.05) is 12.4 Å². The van der Waals surface area contributed by atoms with Gasteiger partial charge in [0.25, 0.3) is 5.91 Å². The third kappa shape index (κ3) is 3.42. The van der Waals surface area contributed by atoms with Gasteiger partial charge in [0.1, 0.15) is 11.5 Å². The van der Waals surface area contributed by atoms with Crippen molar-refractivity contribution in [1.82, 2.24) is 15.4 Å². The molecule has 1 heterocycles. The van der Waals surface area contributed by atoms with E-state index in [1.165, 1.54) is 6.07 Å². The van der Waals surface area contributed by atoms with E-state index in [0.717, 1.165) is 0 Å². The number of amides is 1. The number of carbonyl (C=O) groups is 1. The second kappa shape index (κ2) is 6.60. The number of hydrazone groups is 1. The quantitative estimate of drug-likeness (QED) is 0.664. The van der Waals surface area contributed by atoms with Crippen LogP contribution in [0.25, 0.3) is 0 Å². The first kappa shape index (κ1) is 14.6. The van der Waals surface area contributed by atoms with Crippen molar-refractivity contribution in [2.45, 2.75) is 20.3 Å². The van der Waals surface area contributed by atoms with Gasteiger partial charge in [-0.1, -0.05) is 19.1 Å². The molecule has 6 nitrogen and oxygen atoms in total. The van der Waals surface area contributed by atoms with E-state index in [4.69, 9.17) is 0 Å². The van der Waals surface area contributed by atoms with E-state index in [0.29, 0.717) is 23.5 Å². The number of aromatic hydroxyl groups is 1. The summed E-state index contributed by atoms with van der Waals surface area (Å²) >= 11 is 0. The summed E-state index contributed by atoms with van der Waals surface area (Å²) in [7, 11) is 0. The second-order valence-corrected chi connectivity index (χ2v) is 4.40. The van der Waals surface area contributed by atoms with Gasteiger partial charge in [0.2, 0.25) is 0 Å². The minimum Gasteiger partial charge on any atom is -0.507 e. The largest absolute Gasteiger partial charge is 0.507 e. The van der Waals surface area contributed by atoms with E-state index in [1.54, 1.807) is 37.5 Å². The maximum Gasteiger partial charge on any atom is 0.275 e. The molecule has 0 aliphatic carbocycles. The van der Waals surface area contributed by atoms with Crippen molar-refractivity contribution in [1.29, 1.82) is 0 Å². The van der Waals surface area contributed by atoms with Crippen LogP contribution in [0.3, 0.4) is 0 Å². The molecule has 2 aromatic rings. The fraction of sp³-hybridized carbons (Fsp3) is 0.200. The number of hydrogen-bond acceptors (Lipinski definition) is 5. The number of nitrogens with one attached hydrogen (secondary N) is 1. The Bertz CT molecular complexity index is 669. The molecule has 0 spiro atoms. The lowest BCUT2D eigenvalue weighted by atomic mass is 10.1. The zero-order valence-corrected chi connectivity index (χ0v) is 11.9. The summed E-state index contributed by atoms with van der Waals surface area (Å²) in [6.45, 7) is 3.62. The molecule has 2 N–H and O–H groups in total. The Morgan fingerprint density at radius 3 is 2.67 bits per heavy atom. The molecular formula is C15H16N4O2. The molecule has 0 atom stereocenters. The Morgan fingerprint density at radius 2 is 2.00 bits per heavy atom. The van der Waals surface area contributed by atoms with Crippen LogP contribution in [0.5, 0.6) is 5.75 Å². The van der Waals surface area contributed by atoms with Crippen LogP contribution in [-0.2, 0) is 0 Å². The molecule has 21 heavy (non-hydrogen) atoms. The van der Waals surface area contributed by atoms with Crippen molar-refractivity contribution in [3.63, 3.8) is 0 Å². The average Bonchev–Trinajstić information content (AvgIpc) is 2.51. The van der Waals surface area contributed by atoms with Gasteiger partial charge >= 0.3 is 0 Å². The van der Waals surface area contributed by atoms with E-state index in [1.807, 2.05) is 6.92 Å². The summed E-state index contributed by atoms with van der Waals surface area (Å²) in [5.41, 5.74) is 3.81. The molecule has 0 aliphatic heterocycles. The zero-order valence-electron chi connectivity index (χ0n) is 11.9. The first-order chi connectivity index (χ1) is 10.1. The minimum atomic E-state index is -0.474. The topological polar surface area (TPSA) is 87.5 Å². The molecule has 0 aliphatic rings. The molecule has 108 valence electrons. The number of phenols is 1. The lowest BCUT2D eigenvalue weighted by molar-refractivity contribution is 0.0952. The Kier molecular flexibility index (Phi) is 4.61. The van der Waals surface area contributed by atoms with Gasteiger partial charge in [-0.25, -0.2) is 15.4 Å². The summed E-state index contributed by atoms with van der Waals surface area (Å²) in [4.78, 5) is 20.2. The number of aromatic nitrogens is 2.